The van der Waals surface area contributed by atoms with Crippen molar-refractivity contribution in [3.8, 4) is 0 Å². The van der Waals surface area contributed by atoms with Crippen molar-refractivity contribution in [1.82, 2.24) is 5.01 Å². The molecule has 2 aliphatic rings. The Kier molecular flexibility index (Phi) is 3.26. The van der Waals surface area contributed by atoms with E-state index in [1.165, 1.54) is 0 Å². The maximum Gasteiger partial charge on any atom is 0.149 e. The molecule has 0 aromatic heterocycles. The molecule has 0 radical (unpaired) electrons. The molecule has 0 saturated heterocycles. The summed E-state index contributed by atoms with van der Waals surface area (Å²) in [6, 6.07) is 0. The largest absolute Gasteiger partial charge is 0.261 e. The van der Waals surface area contributed by atoms with Gasteiger partial charge in [0, 0.05) is 12.4 Å². The van der Waals surface area contributed by atoms with Gasteiger partial charge in [-0.1, -0.05) is 19.9 Å². The first-order chi connectivity index (χ1) is 5.97. The SMILES string of the molecule is C1=CC2=NCC=NN2C=C1.CC. The summed E-state index contributed by atoms with van der Waals surface area (Å²) in [4.78, 5) is 4.21. The molecule has 0 aromatic rings. The third-order valence-corrected chi connectivity index (χ3v) is 1.36. The summed E-state index contributed by atoms with van der Waals surface area (Å²) in [5.74, 6) is 0.921. The lowest BCUT2D eigenvalue weighted by Crippen LogP contribution is -2.23. The Morgan fingerprint density at radius 2 is 2.17 bits per heavy atom. The first-order valence-electron chi connectivity index (χ1n) is 4.18. The first kappa shape index (κ1) is 8.71. The van der Waals surface area contributed by atoms with Crippen LogP contribution in [0, 0.1) is 0 Å². The first-order valence-corrected chi connectivity index (χ1v) is 4.18. The summed E-state index contributed by atoms with van der Waals surface area (Å²) in [7, 11) is 0. The van der Waals surface area contributed by atoms with Gasteiger partial charge in [-0.15, -0.1) is 0 Å². The van der Waals surface area contributed by atoms with E-state index in [0.717, 1.165) is 5.84 Å². The molecule has 2 heterocycles. The van der Waals surface area contributed by atoms with Gasteiger partial charge in [0.25, 0.3) is 0 Å². The van der Waals surface area contributed by atoms with Crippen molar-refractivity contribution < 1.29 is 0 Å². The molecule has 0 atom stereocenters. The Labute approximate surface area is 72.8 Å². The van der Waals surface area contributed by atoms with Crippen molar-refractivity contribution in [2.45, 2.75) is 13.8 Å². The smallest absolute Gasteiger partial charge is 0.149 e. The lowest BCUT2D eigenvalue weighted by molar-refractivity contribution is 0.594. The van der Waals surface area contributed by atoms with E-state index >= 15 is 0 Å². The Balaban J connectivity index is 0.000000336. The van der Waals surface area contributed by atoms with Crippen LogP contribution in [0.4, 0.5) is 0 Å². The summed E-state index contributed by atoms with van der Waals surface area (Å²) in [6.45, 7) is 4.70. The maximum atomic E-state index is 4.21. The average molecular weight is 163 g/mol. The molecule has 2 aliphatic heterocycles. The Morgan fingerprint density at radius 1 is 1.33 bits per heavy atom. The third kappa shape index (κ3) is 1.81. The lowest BCUT2D eigenvalue weighted by Gasteiger charge is -2.18. The van der Waals surface area contributed by atoms with Gasteiger partial charge in [-0.3, -0.25) is 4.99 Å². The fourth-order valence-electron chi connectivity index (χ4n) is 0.907. The van der Waals surface area contributed by atoms with Crippen molar-refractivity contribution in [3.63, 3.8) is 0 Å². The zero-order valence-electron chi connectivity index (χ0n) is 7.44. The van der Waals surface area contributed by atoms with Gasteiger partial charge < -0.3 is 0 Å². The molecule has 0 bridgehead atoms. The predicted molar refractivity (Wildman–Crippen MR) is 52.3 cm³/mol. The summed E-state index contributed by atoms with van der Waals surface area (Å²) < 4.78 is 0. The summed E-state index contributed by atoms with van der Waals surface area (Å²) in [6.07, 6.45) is 9.50. The number of rotatable bonds is 0. The minimum atomic E-state index is 0.698. The molecular formula is C9H13N3. The molecule has 0 aliphatic carbocycles. The highest BCUT2D eigenvalue weighted by Crippen LogP contribution is 2.04. The number of aliphatic imine (C=N–C) groups is 1. The van der Waals surface area contributed by atoms with E-state index < -0.39 is 0 Å². The standard InChI is InChI=1S/C7H7N3.C2H6/c1-2-6-10-7(3-1)8-4-5-9-10;1-2/h1-3,5-6H,4H2;1-2H3. The molecule has 0 aromatic carbocycles. The molecular weight excluding hydrogens is 150 g/mol. The van der Waals surface area contributed by atoms with Crippen LogP contribution in [0.15, 0.2) is 34.5 Å². The van der Waals surface area contributed by atoms with E-state index in [4.69, 9.17) is 0 Å². The van der Waals surface area contributed by atoms with Gasteiger partial charge >= 0.3 is 0 Å². The zero-order chi connectivity index (χ0) is 8.81. The van der Waals surface area contributed by atoms with E-state index in [1.807, 2.05) is 38.3 Å². The van der Waals surface area contributed by atoms with Crippen molar-refractivity contribution >= 4 is 12.1 Å². The van der Waals surface area contributed by atoms with Crippen LogP contribution in [0.3, 0.4) is 0 Å². The van der Waals surface area contributed by atoms with E-state index in [9.17, 15) is 0 Å². The fourth-order valence-corrected chi connectivity index (χ4v) is 0.907. The van der Waals surface area contributed by atoms with Gasteiger partial charge in [-0.2, -0.15) is 5.10 Å². The van der Waals surface area contributed by atoms with Gasteiger partial charge in [0.2, 0.25) is 0 Å². The fraction of sp³-hybridized carbons (Fsp3) is 0.333. The zero-order valence-corrected chi connectivity index (χ0v) is 7.44. The van der Waals surface area contributed by atoms with Crippen LogP contribution >= 0.6 is 0 Å². The maximum absolute atomic E-state index is 4.21. The van der Waals surface area contributed by atoms with Crippen LogP contribution in [0.5, 0.6) is 0 Å². The number of amidine groups is 1. The number of hydrazone groups is 1. The Hall–Kier alpha value is -1.38. The number of allylic oxidation sites excluding steroid dienone is 2. The van der Waals surface area contributed by atoms with E-state index in [0.29, 0.717) is 6.54 Å². The minimum Gasteiger partial charge on any atom is -0.261 e. The quantitative estimate of drug-likeness (QED) is 0.535. The number of fused-ring (bicyclic) bond motifs is 1. The van der Waals surface area contributed by atoms with Gasteiger partial charge in [0.05, 0.1) is 6.54 Å². The number of nitrogens with zero attached hydrogens (tertiary/aromatic N) is 3. The number of hydrogen-bond donors (Lipinski definition) is 0. The molecule has 3 nitrogen and oxygen atoms in total. The molecule has 12 heavy (non-hydrogen) atoms. The van der Waals surface area contributed by atoms with Gasteiger partial charge in [-0.05, 0) is 12.2 Å². The number of hydrogen-bond acceptors (Lipinski definition) is 3. The van der Waals surface area contributed by atoms with Crippen LogP contribution < -0.4 is 0 Å². The summed E-state index contributed by atoms with van der Waals surface area (Å²) in [5.41, 5.74) is 0. The average Bonchev–Trinajstić information content (AvgIpc) is 2.21. The predicted octanol–water partition coefficient (Wildman–Crippen LogP) is 1.80. The van der Waals surface area contributed by atoms with Crippen LogP contribution in [0.2, 0.25) is 0 Å². The second-order valence-corrected chi connectivity index (χ2v) is 2.04. The van der Waals surface area contributed by atoms with Crippen LogP contribution in [-0.2, 0) is 0 Å². The molecule has 0 N–H and O–H groups in total. The molecule has 0 spiro atoms. The van der Waals surface area contributed by atoms with E-state index in [-0.39, 0.29) is 0 Å². The topological polar surface area (TPSA) is 28.0 Å². The lowest BCUT2D eigenvalue weighted by atomic mass is 10.3. The van der Waals surface area contributed by atoms with Crippen molar-refractivity contribution in [3.05, 3.63) is 24.4 Å². The Bertz CT molecular complexity index is 248. The minimum absolute atomic E-state index is 0.698. The monoisotopic (exact) mass is 163 g/mol. The van der Waals surface area contributed by atoms with Crippen molar-refractivity contribution in [2.24, 2.45) is 10.1 Å². The van der Waals surface area contributed by atoms with E-state index in [2.05, 4.69) is 10.1 Å². The molecule has 0 saturated carbocycles. The van der Waals surface area contributed by atoms with Crippen molar-refractivity contribution in [2.75, 3.05) is 6.54 Å². The normalized spacial score (nSPS) is 17.8. The molecule has 0 unspecified atom stereocenters. The molecule has 3 heteroatoms. The van der Waals surface area contributed by atoms with Crippen LogP contribution in [-0.4, -0.2) is 23.6 Å². The second kappa shape index (κ2) is 4.49. The van der Waals surface area contributed by atoms with E-state index in [1.54, 1.807) is 11.2 Å². The summed E-state index contributed by atoms with van der Waals surface area (Å²) in [5, 5.41) is 5.84. The highest BCUT2D eigenvalue weighted by Gasteiger charge is 2.07. The van der Waals surface area contributed by atoms with Gasteiger partial charge in [0.1, 0.15) is 5.84 Å². The second-order valence-electron chi connectivity index (χ2n) is 2.04. The Morgan fingerprint density at radius 3 is 2.92 bits per heavy atom. The highest BCUT2D eigenvalue weighted by atomic mass is 15.5. The third-order valence-electron chi connectivity index (χ3n) is 1.36. The summed E-state index contributed by atoms with van der Waals surface area (Å²) >= 11 is 0. The van der Waals surface area contributed by atoms with Gasteiger partial charge in [-0.25, -0.2) is 5.01 Å². The van der Waals surface area contributed by atoms with Crippen LogP contribution in [0.25, 0.3) is 0 Å². The molecule has 0 fully saturated rings. The highest BCUT2D eigenvalue weighted by molar-refractivity contribution is 5.96. The van der Waals surface area contributed by atoms with Gasteiger partial charge in [0.15, 0.2) is 0 Å². The molecule has 2 rings (SSSR count). The molecule has 64 valence electrons. The van der Waals surface area contributed by atoms with Crippen LogP contribution in [0.1, 0.15) is 13.8 Å². The molecule has 0 amide bonds. The van der Waals surface area contributed by atoms with Crippen molar-refractivity contribution in [1.29, 1.82) is 0 Å².